The number of esters is 1. The van der Waals surface area contributed by atoms with Crippen molar-refractivity contribution in [2.75, 3.05) is 13.7 Å². The summed E-state index contributed by atoms with van der Waals surface area (Å²) in [7, 11) is 1.57. The molecule has 2 atom stereocenters. The van der Waals surface area contributed by atoms with Crippen molar-refractivity contribution in [1.29, 1.82) is 0 Å². The number of carbonyl (C=O) groups excluding carboxylic acids is 1. The van der Waals surface area contributed by atoms with Gasteiger partial charge in [-0.15, -0.1) is 0 Å². The minimum atomic E-state index is -1.03. The van der Waals surface area contributed by atoms with E-state index in [1.165, 1.54) is 28.0 Å². The molecule has 200 valence electrons. The molecule has 1 aliphatic rings. The Balaban J connectivity index is 1.60. The summed E-state index contributed by atoms with van der Waals surface area (Å²) in [6, 6.07) is 16.4. The number of benzene rings is 2. The standard InChI is InChI=1S/C28H25N3O7S/c1-4-37-27(33)24-16(2)30-26(32)23(39-28(30)29-25(24)17-8-10-20(36-3)11-9-17)15-21-12-13-22(38-21)18-6-5-7-19(14-18)31(34)35/h5-15,25,31,34H,4H2,1-3H3/b23-15-. The number of quaternary nitrogens is 1. The molecule has 39 heavy (non-hydrogen) atoms. The van der Waals surface area contributed by atoms with Gasteiger partial charge in [0.05, 0.1) is 19.3 Å². The lowest BCUT2D eigenvalue weighted by molar-refractivity contribution is -0.991. The van der Waals surface area contributed by atoms with Crippen LogP contribution in [-0.2, 0) is 9.53 Å². The first-order chi connectivity index (χ1) is 18.8. The minimum Gasteiger partial charge on any atom is -0.595 e. The van der Waals surface area contributed by atoms with E-state index in [1.807, 2.05) is 12.1 Å². The van der Waals surface area contributed by atoms with Gasteiger partial charge in [0.25, 0.3) is 5.56 Å². The summed E-state index contributed by atoms with van der Waals surface area (Å²) in [6.45, 7) is 3.62. The van der Waals surface area contributed by atoms with E-state index in [2.05, 4.69) is 0 Å². The third kappa shape index (κ3) is 5.08. The molecule has 10 nitrogen and oxygen atoms in total. The SMILES string of the molecule is CCOC(=O)C1=C(C)n2c(s/c(=C\c3ccc(-c4cccc([NH+]([O-])O)c4)o3)c2=O)=NC1c1ccc(OC)cc1. The van der Waals surface area contributed by atoms with E-state index in [1.54, 1.807) is 63.4 Å². The molecular weight excluding hydrogens is 522 g/mol. The summed E-state index contributed by atoms with van der Waals surface area (Å²) in [4.78, 5) is 31.7. The molecule has 3 heterocycles. The number of ether oxygens (including phenoxy) is 2. The van der Waals surface area contributed by atoms with E-state index in [-0.39, 0.29) is 17.9 Å². The molecule has 0 bridgehead atoms. The number of carbonyl (C=O) groups is 1. The predicted molar refractivity (Wildman–Crippen MR) is 144 cm³/mol. The average molecular weight is 548 g/mol. The number of hydrogen-bond donors (Lipinski definition) is 2. The van der Waals surface area contributed by atoms with Crippen LogP contribution in [0.15, 0.2) is 80.4 Å². The first kappa shape index (κ1) is 26.3. The molecule has 2 aromatic carbocycles. The Morgan fingerprint density at radius 1 is 1.23 bits per heavy atom. The van der Waals surface area contributed by atoms with E-state index in [0.717, 1.165) is 5.56 Å². The van der Waals surface area contributed by atoms with E-state index >= 15 is 0 Å². The van der Waals surface area contributed by atoms with E-state index in [9.17, 15) is 20.0 Å². The van der Waals surface area contributed by atoms with Crippen molar-refractivity contribution in [1.82, 2.24) is 4.57 Å². The zero-order chi connectivity index (χ0) is 27.7. The summed E-state index contributed by atoms with van der Waals surface area (Å²) >= 11 is 1.18. The smallest absolute Gasteiger partial charge is 0.338 e. The molecule has 11 heteroatoms. The fraction of sp³-hybridized carbons (Fsp3) is 0.179. The fourth-order valence-corrected chi connectivity index (χ4v) is 5.38. The molecule has 4 aromatic rings. The molecule has 5 rings (SSSR count). The average Bonchev–Trinajstić information content (AvgIpc) is 3.53. The summed E-state index contributed by atoms with van der Waals surface area (Å²) in [6.07, 6.45) is 1.61. The Kier molecular flexibility index (Phi) is 7.31. The maximum atomic E-state index is 13.4. The van der Waals surface area contributed by atoms with Gasteiger partial charge in [0.1, 0.15) is 27.8 Å². The van der Waals surface area contributed by atoms with Gasteiger partial charge in [0.2, 0.25) is 0 Å². The third-order valence-corrected chi connectivity index (χ3v) is 7.25. The molecule has 0 aliphatic carbocycles. The first-order valence-electron chi connectivity index (χ1n) is 12.1. The quantitative estimate of drug-likeness (QED) is 0.269. The topological polar surface area (TPSA) is 131 Å². The second-order valence-corrected chi connectivity index (χ2v) is 9.66. The zero-order valence-electron chi connectivity index (χ0n) is 21.3. The Morgan fingerprint density at radius 3 is 2.69 bits per heavy atom. The van der Waals surface area contributed by atoms with Crippen LogP contribution in [0, 0.1) is 5.21 Å². The van der Waals surface area contributed by atoms with Gasteiger partial charge in [0.15, 0.2) is 10.5 Å². The van der Waals surface area contributed by atoms with Crippen LogP contribution in [-0.4, -0.2) is 29.5 Å². The van der Waals surface area contributed by atoms with Crippen LogP contribution in [0.25, 0.3) is 23.1 Å². The number of nitrogens with zero attached hydrogens (tertiary/aromatic N) is 2. The molecule has 1 aliphatic heterocycles. The summed E-state index contributed by atoms with van der Waals surface area (Å²) in [5, 5.41) is 19.5. The van der Waals surface area contributed by atoms with Crippen molar-refractivity contribution >= 4 is 34.8 Å². The Hall–Kier alpha value is -4.29. The number of methoxy groups -OCH3 is 1. The first-order valence-corrected chi connectivity index (χ1v) is 12.9. The molecule has 0 amide bonds. The molecule has 0 spiro atoms. The Morgan fingerprint density at radius 2 is 2.00 bits per heavy atom. The molecule has 2 N–H and O–H groups in total. The largest absolute Gasteiger partial charge is 0.595 e. The van der Waals surface area contributed by atoms with Gasteiger partial charge in [-0.2, -0.15) is 5.23 Å². The highest BCUT2D eigenvalue weighted by Gasteiger charge is 2.31. The highest BCUT2D eigenvalue weighted by molar-refractivity contribution is 7.07. The van der Waals surface area contributed by atoms with E-state index in [4.69, 9.17) is 18.9 Å². The summed E-state index contributed by atoms with van der Waals surface area (Å²) in [5.74, 6) is 1.02. The van der Waals surface area contributed by atoms with Crippen molar-refractivity contribution in [2.24, 2.45) is 4.99 Å². The Bertz CT molecular complexity index is 1750. The van der Waals surface area contributed by atoms with Crippen LogP contribution in [0.4, 0.5) is 5.69 Å². The minimum absolute atomic E-state index is 0.145. The van der Waals surface area contributed by atoms with Gasteiger partial charge in [-0.3, -0.25) is 9.36 Å². The molecule has 2 unspecified atom stereocenters. The monoisotopic (exact) mass is 547 g/mol. The van der Waals surface area contributed by atoms with Crippen LogP contribution in [0.5, 0.6) is 5.75 Å². The van der Waals surface area contributed by atoms with Crippen LogP contribution < -0.4 is 24.9 Å². The lowest BCUT2D eigenvalue weighted by Crippen LogP contribution is -2.99. The predicted octanol–water partition coefficient (Wildman–Crippen LogP) is 2.58. The lowest BCUT2D eigenvalue weighted by Gasteiger charge is -2.22. The van der Waals surface area contributed by atoms with Gasteiger partial charge < -0.3 is 19.1 Å². The Labute approximate surface area is 226 Å². The van der Waals surface area contributed by atoms with Crippen molar-refractivity contribution < 1.29 is 29.1 Å². The second kappa shape index (κ2) is 10.8. The van der Waals surface area contributed by atoms with E-state index < -0.39 is 17.2 Å². The number of fused-ring (bicyclic) bond motifs is 1. The lowest BCUT2D eigenvalue weighted by atomic mass is 9.96. The molecule has 0 fully saturated rings. The highest BCUT2D eigenvalue weighted by Crippen LogP contribution is 2.33. The van der Waals surface area contributed by atoms with Crippen molar-refractivity contribution in [2.45, 2.75) is 19.9 Å². The van der Waals surface area contributed by atoms with E-state index in [0.29, 0.717) is 43.4 Å². The maximum Gasteiger partial charge on any atom is 0.338 e. The number of aromatic nitrogens is 1. The number of rotatable bonds is 7. The number of nitrogens with one attached hydrogen (secondary N) is 1. The highest BCUT2D eigenvalue weighted by atomic mass is 32.1. The number of allylic oxidation sites excluding steroid dienone is 1. The van der Waals surface area contributed by atoms with Crippen LogP contribution in [0.3, 0.4) is 0 Å². The summed E-state index contributed by atoms with van der Waals surface area (Å²) in [5.41, 5.74) is 1.91. The van der Waals surface area contributed by atoms with Gasteiger partial charge in [-0.1, -0.05) is 35.6 Å². The van der Waals surface area contributed by atoms with Crippen LogP contribution >= 0.6 is 11.3 Å². The second-order valence-electron chi connectivity index (χ2n) is 8.65. The number of hydrogen-bond acceptors (Lipinski definition) is 9. The number of furan rings is 1. The maximum absolute atomic E-state index is 13.4. The van der Waals surface area contributed by atoms with Crippen molar-refractivity contribution in [3.63, 3.8) is 0 Å². The van der Waals surface area contributed by atoms with Crippen molar-refractivity contribution in [3.8, 4) is 17.1 Å². The molecule has 0 saturated heterocycles. The molecule has 2 aromatic heterocycles. The van der Waals surface area contributed by atoms with Crippen LogP contribution in [0.1, 0.15) is 31.2 Å². The van der Waals surface area contributed by atoms with Gasteiger partial charge in [0, 0.05) is 29.5 Å². The third-order valence-electron chi connectivity index (χ3n) is 6.27. The summed E-state index contributed by atoms with van der Waals surface area (Å²) < 4.78 is 18.3. The molecular formula is C28H25N3O7S. The molecule has 0 saturated carbocycles. The normalized spacial score (nSPS) is 16.0. The fourth-order valence-electron chi connectivity index (χ4n) is 4.36. The van der Waals surface area contributed by atoms with Gasteiger partial charge in [-0.05, 0) is 43.7 Å². The van der Waals surface area contributed by atoms with Crippen LogP contribution in [0.2, 0.25) is 0 Å². The zero-order valence-corrected chi connectivity index (χ0v) is 22.2. The van der Waals surface area contributed by atoms with Gasteiger partial charge in [-0.25, -0.2) is 15.0 Å². The number of thiazole rings is 1. The van der Waals surface area contributed by atoms with Crippen molar-refractivity contribution in [3.05, 3.63) is 102 Å². The van der Waals surface area contributed by atoms with Gasteiger partial charge >= 0.3 is 5.97 Å². The molecule has 0 radical (unpaired) electrons.